The van der Waals surface area contributed by atoms with E-state index in [9.17, 15) is 9.59 Å². The van der Waals surface area contributed by atoms with Crippen molar-refractivity contribution in [2.24, 2.45) is 0 Å². The molecule has 0 radical (unpaired) electrons. The maximum Gasteiger partial charge on any atom is 0.263 e. The van der Waals surface area contributed by atoms with Gasteiger partial charge < -0.3 is 10.1 Å². The molecule has 1 saturated carbocycles. The number of aromatic nitrogens is 2. The van der Waals surface area contributed by atoms with Crippen molar-refractivity contribution in [1.82, 2.24) is 14.9 Å². The van der Waals surface area contributed by atoms with E-state index in [-0.39, 0.29) is 11.5 Å². The van der Waals surface area contributed by atoms with Crippen molar-refractivity contribution in [2.45, 2.75) is 75.5 Å². The monoisotopic (exact) mass is 435 g/mol. The molecule has 2 aliphatic carbocycles. The lowest BCUT2D eigenvalue weighted by atomic mass is 9.95. The van der Waals surface area contributed by atoms with Gasteiger partial charge in [-0.05, 0) is 44.1 Å². The minimum atomic E-state index is 0.0355. The van der Waals surface area contributed by atoms with E-state index in [1.165, 1.54) is 41.5 Å². The summed E-state index contributed by atoms with van der Waals surface area (Å²) in [6.45, 7) is 1.16. The van der Waals surface area contributed by atoms with Crippen LogP contribution in [0.15, 0.2) is 9.95 Å². The number of aryl methyl sites for hydroxylation is 2. The number of rotatable bonds is 8. The quantitative estimate of drug-likeness (QED) is 0.390. The van der Waals surface area contributed by atoms with Crippen molar-refractivity contribution in [3.63, 3.8) is 0 Å². The Labute approximate surface area is 179 Å². The van der Waals surface area contributed by atoms with E-state index in [1.54, 1.807) is 23.0 Å². The molecule has 0 aliphatic heterocycles. The Morgan fingerprint density at radius 2 is 2.10 bits per heavy atom. The molecular weight excluding hydrogens is 406 g/mol. The maximum absolute atomic E-state index is 13.3. The number of nitrogens with zero attached hydrogens (tertiary/aromatic N) is 2. The minimum Gasteiger partial charge on any atom is -0.385 e. The second-order valence-electron chi connectivity index (χ2n) is 7.93. The fourth-order valence-corrected chi connectivity index (χ4v) is 6.52. The van der Waals surface area contributed by atoms with E-state index in [0.717, 1.165) is 48.7 Å². The first kappa shape index (κ1) is 20.9. The third-order valence-corrected chi connectivity index (χ3v) is 7.98. The zero-order valence-electron chi connectivity index (χ0n) is 17.0. The Morgan fingerprint density at radius 1 is 1.28 bits per heavy atom. The number of amides is 1. The largest absolute Gasteiger partial charge is 0.385 e. The van der Waals surface area contributed by atoms with Crippen LogP contribution in [0.4, 0.5) is 0 Å². The summed E-state index contributed by atoms with van der Waals surface area (Å²) in [7, 11) is 1.67. The number of ether oxygens (including phenoxy) is 1. The number of thioether (sulfide) groups is 1. The zero-order chi connectivity index (χ0) is 20.2. The predicted molar refractivity (Wildman–Crippen MR) is 118 cm³/mol. The molecule has 2 aromatic heterocycles. The third kappa shape index (κ3) is 4.70. The number of nitrogens with one attached hydrogen (secondary N) is 1. The summed E-state index contributed by atoms with van der Waals surface area (Å²) >= 11 is 3.03. The van der Waals surface area contributed by atoms with Gasteiger partial charge in [0.2, 0.25) is 5.91 Å². The molecule has 158 valence electrons. The van der Waals surface area contributed by atoms with E-state index in [0.29, 0.717) is 30.1 Å². The lowest BCUT2D eigenvalue weighted by molar-refractivity contribution is -0.119. The van der Waals surface area contributed by atoms with Crippen molar-refractivity contribution >= 4 is 39.2 Å². The van der Waals surface area contributed by atoms with Gasteiger partial charge in [0.1, 0.15) is 4.83 Å². The summed E-state index contributed by atoms with van der Waals surface area (Å²) < 4.78 is 6.92. The SMILES string of the molecule is COCCCn1c(SCC(=O)NC2CCCCC2)nc2sc3c(c2c1=O)CCC3. The molecule has 2 heterocycles. The molecule has 0 unspecified atom stereocenters. The summed E-state index contributed by atoms with van der Waals surface area (Å²) in [6.07, 6.45) is 9.69. The van der Waals surface area contributed by atoms with Gasteiger partial charge in [0.05, 0.1) is 11.1 Å². The molecular formula is C21H29N3O3S2. The molecule has 2 aliphatic rings. The lowest BCUT2D eigenvalue weighted by Crippen LogP contribution is -2.37. The first-order valence-electron chi connectivity index (χ1n) is 10.6. The number of carbonyl (C=O) groups excluding carboxylic acids is 1. The highest BCUT2D eigenvalue weighted by molar-refractivity contribution is 7.99. The van der Waals surface area contributed by atoms with Crippen molar-refractivity contribution in [2.75, 3.05) is 19.5 Å². The molecule has 8 heteroatoms. The van der Waals surface area contributed by atoms with E-state index >= 15 is 0 Å². The fraction of sp³-hybridized carbons (Fsp3) is 0.667. The molecule has 0 saturated heterocycles. The number of hydrogen-bond acceptors (Lipinski definition) is 6. The minimum absolute atomic E-state index is 0.0355. The molecule has 0 aromatic carbocycles. The molecule has 1 fully saturated rings. The van der Waals surface area contributed by atoms with Crippen molar-refractivity contribution in [3.05, 3.63) is 20.8 Å². The number of fused-ring (bicyclic) bond motifs is 3. The standard InChI is InChI=1S/C21H29N3O3S2/c1-27-12-6-11-24-20(26)18-15-9-5-10-16(15)29-19(18)23-21(24)28-13-17(25)22-14-7-3-2-4-8-14/h14H,2-13H2,1H3,(H,22,25). The highest BCUT2D eigenvalue weighted by Crippen LogP contribution is 2.35. The molecule has 1 N–H and O–H groups in total. The Bertz CT molecular complexity index is 931. The van der Waals surface area contributed by atoms with Crippen LogP contribution >= 0.6 is 23.1 Å². The van der Waals surface area contributed by atoms with Gasteiger partial charge in [-0.1, -0.05) is 31.0 Å². The average Bonchev–Trinajstić information content (AvgIpc) is 3.30. The van der Waals surface area contributed by atoms with Crippen LogP contribution < -0.4 is 10.9 Å². The second kappa shape index (κ2) is 9.62. The third-order valence-electron chi connectivity index (χ3n) is 5.82. The number of hydrogen-bond donors (Lipinski definition) is 1. The predicted octanol–water partition coefficient (Wildman–Crippen LogP) is 3.52. The summed E-state index contributed by atoms with van der Waals surface area (Å²) in [4.78, 5) is 32.7. The topological polar surface area (TPSA) is 73.2 Å². The van der Waals surface area contributed by atoms with Crippen LogP contribution in [0.2, 0.25) is 0 Å². The lowest BCUT2D eigenvalue weighted by Gasteiger charge is -2.22. The Balaban J connectivity index is 1.54. The second-order valence-corrected chi connectivity index (χ2v) is 9.95. The number of methoxy groups -OCH3 is 1. The van der Waals surface area contributed by atoms with Crippen LogP contribution in [0.5, 0.6) is 0 Å². The first-order chi connectivity index (χ1) is 14.2. The highest BCUT2D eigenvalue weighted by Gasteiger charge is 2.24. The molecule has 0 spiro atoms. The van der Waals surface area contributed by atoms with Gasteiger partial charge in [0.15, 0.2) is 5.16 Å². The van der Waals surface area contributed by atoms with Crippen LogP contribution in [0.25, 0.3) is 10.2 Å². The average molecular weight is 436 g/mol. The smallest absolute Gasteiger partial charge is 0.263 e. The van der Waals surface area contributed by atoms with Crippen LogP contribution in [0, 0.1) is 0 Å². The van der Waals surface area contributed by atoms with Crippen LogP contribution in [0.1, 0.15) is 55.4 Å². The van der Waals surface area contributed by atoms with Gasteiger partial charge in [-0.25, -0.2) is 4.98 Å². The Kier molecular flexibility index (Phi) is 6.92. The van der Waals surface area contributed by atoms with Gasteiger partial charge >= 0.3 is 0 Å². The molecule has 2 aromatic rings. The van der Waals surface area contributed by atoms with E-state index < -0.39 is 0 Å². The molecule has 0 atom stereocenters. The summed E-state index contributed by atoms with van der Waals surface area (Å²) in [5.74, 6) is 0.331. The van der Waals surface area contributed by atoms with Crippen LogP contribution in [0.3, 0.4) is 0 Å². The Hall–Kier alpha value is -1.38. The van der Waals surface area contributed by atoms with E-state index in [4.69, 9.17) is 9.72 Å². The van der Waals surface area contributed by atoms with Crippen molar-refractivity contribution in [1.29, 1.82) is 0 Å². The van der Waals surface area contributed by atoms with Crippen LogP contribution in [-0.4, -0.2) is 41.0 Å². The van der Waals surface area contributed by atoms with E-state index in [1.807, 2.05) is 0 Å². The van der Waals surface area contributed by atoms with Gasteiger partial charge in [-0.15, -0.1) is 11.3 Å². The molecule has 1 amide bonds. The van der Waals surface area contributed by atoms with Crippen LogP contribution in [-0.2, 0) is 28.9 Å². The highest BCUT2D eigenvalue weighted by atomic mass is 32.2. The number of carbonyl (C=O) groups is 1. The summed E-state index contributed by atoms with van der Waals surface area (Å²) in [5, 5.41) is 4.60. The molecule has 4 rings (SSSR count). The normalized spacial score (nSPS) is 17.0. The molecule has 29 heavy (non-hydrogen) atoms. The maximum atomic E-state index is 13.3. The fourth-order valence-electron chi connectivity index (χ4n) is 4.38. The zero-order valence-corrected chi connectivity index (χ0v) is 18.6. The molecule has 0 bridgehead atoms. The summed E-state index contributed by atoms with van der Waals surface area (Å²) in [5.41, 5.74) is 1.25. The first-order valence-corrected chi connectivity index (χ1v) is 12.4. The van der Waals surface area contributed by atoms with Crippen molar-refractivity contribution in [3.8, 4) is 0 Å². The van der Waals surface area contributed by atoms with Gasteiger partial charge in [-0.2, -0.15) is 0 Å². The van der Waals surface area contributed by atoms with Gasteiger partial charge in [0.25, 0.3) is 5.56 Å². The van der Waals surface area contributed by atoms with Gasteiger partial charge in [-0.3, -0.25) is 14.2 Å². The summed E-state index contributed by atoms with van der Waals surface area (Å²) in [6, 6.07) is 0.302. The van der Waals surface area contributed by atoms with Crippen molar-refractivity contribution < 1.29 is 9.53 Å². The molecule has 6 nitrogen and oxygen atoms in total. The number of thiophene rings is 1. The van der Waals surface area contributed by atoms with E-state index in [2.05, 4.69) is 5.32 Å². The Morgan fingerprint density at radius 3 is 2.90 bits per heavy atom. The van der Waals surface area contributed by atoms with Gasteiger partial charge in [0, 0.05) is 31.2 Å².